The van der Waals surface area contributed by atoms with Crippen molar-refractivity contribution in [1.29, 1.82) is 0 Å². The highest BCUT2D eigenvalue weighted by molar-refractivity contribution is 6.07. The fourth-order valence-corrected chi connectivity index (χ4v) is 3.53. The zero-order valence-corrected chi connectivity index (χ0v) is 16.0. The number of hydrogen-bond donors (Lipinski definition) is 2. The van der Waals surface area contributed by atoms with Gasteiger partial charge >= 0.3 is 0 Å². The first-order chi connectivity index (χ1) is 14.0. The van der Waals surface area contributed by atoms with Gasteiger partial charge in [-0.2, -0.15) is 0 Å². The zero-order valence-electron chi connectivity index (χ0n) is 16.0. The molecule has 0 spiro atoms. The first-order valence-electron chi connectivity index (χ1n) is 9.55. The topological polar surface area (TPSA) is 76.0 Å². The van der Waals surface area contributed by atoms with Gasteiger partial charge in [-0.15, -0.1) is 0 Å². The van der Waals surface area contributed by atoms with Crippen LogP contribution in [0.25, 0.3) is 0 Å². The molecular formula is C22H21FN4O2. The Morgan fingerprint density at radius 1 is 1.00 bits per heavy atom. The van der Waals surface area contributed by atoms with E-state index in [4.69, 9.17) is 0 Å². The van der Waals surface area contributed by atoms with Crippen molar-refractivity contribution in [2.45, 2.75) is 32.7 Å². The number of aromatic nitrogens is 2. The third-order valence-corrected chi connectivity index (χ3v) is 4.91. The molecule has 2 amide bonds. The van der Waals surface area contributed by atoms with Gasteiger partial charge in [-0.3, -0.25) is 9.59 Å². The van der Waals surface area contributed by atoms with Gasteiger partial charge in [0.1, 0.15) is 5.82 Å². The van der Waals surface area contributed by atoms with E-state index in [0.717, 1.165) is 24.1 Å². The van der Waals surface area contributed by atoms with Crippen LogP contribution < -0.4 is 10.6 Å². The average molecular weight is 392 g/mol. The maximum Gasteiger partial charge on any atom is 0.291 e. The van der Waals surface area contributed by atoms with Gasteiger partial charge in [0, 0.05) is 17.9 Å². The molecule has 4 rings (SSSR count). The van der Waals surface area contributed by atoms with Crippen LogP contribution in [0.15, 0.2) is 48.5 Å². The number of imidazole rings is 1. The molecule has 2 N–H and O–H groups in total. The van der Waals surface area contributed by atoms with Crippen LogP contribution in [0.2, 0.25) is 0 Å². The summed E-state index contributed by atoms with van der Waals surface area (Å²) in [6.45, 7) is 2.59. The predicted octanol–water partition coefficient (Wildman–Crippen LogP) is 4.17. The highest BCUT2D eigenvalue weighted by atomic mass is 19.1. The molecule has 0 radical (unpaired) electrons. The maximum absolute atomic E-state index is 13.1. The largest absolute Gasteiger partial charge is 0.323 e. The fraction of sp³-hybridized carbons (Fsp3) is 0.227. The average Bonchev–Trinajstić information content (AvgIpc) is 3.10. The van der Waals surface area contributed by atoms with Crippen molar-refractivity contribution in [2.75, 3.05) is 10.6 Å². The summed E-state index contributed by atoms with van der Waals surface area (Å²) in [5.41, 5.74) is 3.18. The van der Waals surface area contributed by atoms with Crippen molar-refractivity contribution in [1.82, 2.24) is 9.55 Å². The monoisotopic (exact) mass is 392 g/mol. The summed E-state index contributed by atoms with van der Waals surface area (Å²) in [5, 5.41) is 5.59. The lowest BCUT2D eigenvalue weighted by Gasteiger charge is -2.17. The number of nitrogens with one attached hydrogen (secondary N) is 2. The number of carbonyl (C=O) groups is 2. The molecule has 0 unspecified atom stereocenters. The summed E-state index contributed by atoms with van der Waals surface area (Å²) in [7, 11) is 0. The van der Waals surface area contributed by atoms with Crippen LogP contribution in [0.3, 0.4) is 0 Å². The molecule has 2 aromatic carbocycles. The van der Waals surface area contributed by atoms with Crippen molar-refractivity contribution >= 4 is 23.2 Å². The molecule has 0 bridgehead atoms. The second-order valence-electron chi connectivity index (χ2n) is 7.12. The molecule has 0 atom stereocenters. The van der Waals surface area contributed by atoms with E-state index in [2.05, 4.69) is 15.6 Å². The summed E-state index contributed by atoms with van der Waals surface area (Å²) >= 11 is 0. The molecule has 0 fully saturated rings. The molecule has 7 heteroatoms. The van der Waals surface area contributed by atoms with E-state index in [1.54, 1.807) is 0 Å². The van der Waals surface area contributed by atoms with Gasteiger partial charge in [-0.25, -0.2) is 9.37 Å². The maximum atomic E-state index is 13.1. The lowest BCUT2D eigenvalue weighted by Crippen LogP contribution is -2.21. The molecule has 6 nitrogen and oxygen atoms in total. The number of anilines is 2. The molecular weight excluding hydrogens is 371 g/mol. The van der Waals surface area contributed by atoms with Gasteiger partial charge in [-0.05, 0) is 68.1 Å². The van der Waals surface area contributed by atoms with Gasteiger partial charge in [0.25, 0.3) is 11.8 Å². The number of carbonyl (C=O) groups excluding carboxylic acids is 2. The summed E-state index contributed by atoms with van der Waals surface area (Å²) in [6.07, 6.45) is 2.53. The number of rotatable bonds is 4. The number of fused-ring (bicyclic) bond motifs is 1. The summed E-state index contributed by atoms with van der Waals surface area (Å²) in [6, 6.07) is 13.0. The second-order valence-corrected chi connectivity index (χ2v) is 7.12. The first kappa shape index (κ1) is 18.9. The van der Waals surface area contributed by atoms with E-state index in [1.165, 1.54) is 24.3 Å². The van der Waals surface area contributed by atoms with Crippen LogP contribution in [-0.2, 0) is 13.0 Å². The van der Waals surface area contributed by atoms with E-state index in [9.17, 15) is 14.0 Å². The van der Waals surface area contributed by atoms with E-state index in [-0.39, 0.29) is 23.2 Å². The Morgan fingerprint density at radius 2 is 1.76 bits per heavy atom. The number of benzene rings is 2. The number of nitrogens with zero attached hydrogens (tertiary/aromatic N) is 2. The van der Waals surface area contributed by atoms with Gasteiger partial charge in [0.15, 0.2) is 11.5 Å². The molecule has 1 aromatic heterocycles. The minimum atomic E-state index is -0.406. The zero-order chi connectivity index (χ0) is 20.4. The Kier molecular flexibility index (Phi) is 5.12. The predicted molar refractivity (Wildman–Crippen MR) is 109 cm³/mol. The molecule has 1 aliphatic rings. The van der Waals surface area contributed by atoms with Gasteiger partial charge in [0.2, 0.25) is 0 Å². The number of hydrogen-bond acceptors (Lipinski definition) is 3. The number of aryl methyl sites for hydroxylation is 1. The molecule has 148 valence electrons. The third-order valence-electron chi connectivity index (χ3n) is 4.91. The van der Waals surface area contributed by atoms with Crippen LogP contribution in [-0.4, -0.2) is 21.4 Å². The van der Waals surface area contributed by atoms with E-state index in [1.807, 2.05) is 35.8 Å². The molecule has 1 aliphatic heterocycles. The first-order valence-corrected chi connectivity index (χ1v) is 9.55. The quantitative estimate of drug-likeness (QED) is 0.700. The van der Waals surface area contributed by atoms with Gasteiger partial charge in [-0.1, -0.05) is 12.1 Å². The summed E-state index contributed by atoms with van der Waals surface area (Å²) in [4.78, 5) is 30.0. The van der Waals surface area contributed by atoms with Crippen molar-refractivity contribution in [3.8, 4) is 0 Å². The van der Waals surface area contributed by atoms with Crippen LogP contribution in [0.1, 0.15) is 45.2 Å². The van der Waals surface area contributed by atoms with Crippen molar-refractivity contribution in [2.24, 2.45) is 0 Å². The molecule has 0 saturated carbocycles. The minimum absolute atomic E-state index is 0.227. The molecule has 0 saturated heterocycles. The highest BCUT2D eigenvalue weighted by Gasteiger charge is 2.27. The Balaban J connectivity index is 1.62. The SMILES string of the molecule is Cc1cccc(NC(=O)c2nc(C(=O)Nc3ccc(F)cc3)c3n2CCCC3)c1. The Bertz CT molecular complexity index is 1070. The Morgan fingerprint density at radius 3 is 2.52 bits per heavy atom. The third kappa shape index (κ3) is 4.03. The second kappa shape index (κ2) is 7.87. The lowest BCUT2D eigenvalue weighted by atomic mass is 10.1. The smallest absolute Gasteiger partial charge is 0.291 e. The molecule has 3 aromatic rings. The minimum Gasteiger partial charge on any atom is -0.323 e. The summed E-state index contributed by atoms with van der Waals surface area (Å²) in [5.74, 6) is -0.903. The van der Waals surface area contributed by atoms with Crippen LogP contribution in [0, 0.1) is 12.7 Å². The number of halogens is 1. The van der Waals surface area contributed by atoms with Crippen LogP contribution in [0.4, 0.5) is 15.8 Å². The lowest BCUT2D eigenvalue weighted by molar-refractivity contribution is 0.101. The molecule has 29 heavy (non-hydrogen) atoms. The normalized spacial score (nSPS) is 12.9. The Hall–Kier alpha value is -3.48. The summed E-state index contributed by atoms with van der Waals surface area (Å²) < 4.78 is 14.9. The highest BCUT2D eigenvalue weighted by Crippen LogP contribution is 2.23. The van der Waals surface area contributed by atoms with E-state index < -0.39 is 5.91 Å². The van der Waals surface area contributed by atoms with E-state index in [0.29, 0.717) is 24.3 Å². The number of amides is 2. The van der Waals surface area contributed by atoms with Gasteiger partial charge < -0.3 is 15.2 Å². The van der Waals surface area contributed by atoms with Crippen molar-refractivity contribution in [3.63, 3.8) is 0 Å². The van der Waals surface area contributed by atoms with Crippen LogP contribution >= 0.6 is 0 Å². The van der Waals surface area contributed by atoms with E-state index >= 15 is 0 Å². The Labute approximate surface area is 167 Å². The van der Waals surface area contributed by atoms with Crippen molar-refractivity contribution < 1.29 is 14.0 Å². The van der Waals surface area contributed by atoms with Gasteiger partial charge in [0.05, 0.1) is 5.69 Å². The fourth-order valence-electron chi connectivity index (χ4n) is 3.53. The standard InChI is InChI=1S/C22H21FN4O2/c1-14-5-4-6-17(13-14)25-22(29)20-26-19(18-7-2-3-12-27(18)20)21(28)24-16-10-8-15(23)9-11-16/h4-6,8-11,13H,2-3,7,12H2,1H3,(H,24,28)(H,25,29). The molecule has 0 aliphatic carbocycles. The molecule has 2 heterocycles. The van der Waals surface area contributed by atoms with Crippen molar-refractivity contribution in [3.05, 3.63) is 77.1 Å². The van der Waals surface area contributed by atoms with Crippen LogP contribution in [0.5, 0.6) is 0 Å².